The van der Waals surface area contributed by atoms with Crippen LogP contribution < -0.4 is 21.3 Å². The van der Waals surface area contributed by atoms with Crippen molar-refractivity contribution >= 4 is 86.6 Å². The molecule has 0 amide bonds. The minimum absolute atomic E-state index is 1.000. The number of aryl methyl sites for hydroxylation is 1. The van der Waals surface area contributed by atoms with E-state index in [9.17, 15) is 0 Å². The molecule has 452 valence electrons. The maximum atomic E-state index is 4.61. The lowest BCUT2D eigenvalue weighted by Crippen LogP contribution is -2.33. The first-order valence-electron chi connectivity index (χ1n) is 32.9. The summed E-state index contributed by atoms with van der Waals surface area (Å²) >= 11 is 3.50. The molecule has 14 heteroatoms. The second-order valence-corrected chi connectivity index (χ2v) is 25.7. The van der Waals surface area contributed by atoms with Crippen LogP contribution in [-0.2, 0) is 0 Å². The van der Waals surface area contributed by atoms with E-state index in [2.05, 4.69) is 159 Å². The van der Waals surface area contributed by atoms with E-state index in [4.69, 9.17) is 0 Å². The smallest absolute Gasteiger partial charge is 0.183 e. The summed E-state index contributed by atoms with van der Waals surface area (Å²) in [4.78, 5) is 28.6. The first-order valence-corrected chi connectivity index (χ1v) is 34.5. The van der Waals surface area contributed by atoms with Crippen LogP contribution >= 0.6 is 22.7 Å². The van der Waals surface area contributed by atoms with Gasteiger partial charge in [-0.3, -0.25) is 9.97 Å². The molecule has 4 aromatic carbocycles. The Balaban J connectivity index is 0.000000135. The number of anilines is 4. The summed E-state index contributed by atoms with van der Waals surface area (Å²) in [6.07, 6.45) is 30.5. The normalized spacial score (nSPS) is 16.3. The van der Waals surface area contributed by atoms with Crippen LogP contribution in [0.15, 0.2) is 115 Å². The van der Waals surface area contributed by atoms with Gasteiger partial charge in [-0.1, -0.05) is 135 Å². The van der Waals surface area contributed by atoms with Gasteiger partial charge in [-0.05, 0) is 211 Å². The van der Waals surface area contributed by atoms with Gasteiger partial charge >= 0.3 is 0 Å². The number of likely N-dealkylation sites (tertiary alicyclic amines) is 4. The average molecular weight is 1170 g/mol. The van der Waals surface area contributed by atoms with Gasteiger partial charge in [0.15, 0.2) is 10.3 Å². The molecule has 4 fully saturated rings. The monoisotopic (exact) mass is 1170 g/mol. The van der Waals surface area contributed by atoms with E-state index in [-0.39, 0.29) is 0 Å². The molecular weight excluding hydrogens is 1070 g/mol. The summed E-state index contributed by atoms with van der Waals surface area (Å²) in [6, 6.07) is 37.6. The Morgan fingerprint density at radius 2 is 0.762 bits per heavy atom. The van der Waals surface area contributed by atoms with E-state index < -0.39 is 0 Å². The highest BCUT2D eigenvalue weighted by Gasteiger charge is 2.13. The molecule has 8 heterocycles. The van der Waals surface area contributed by atoms with Gasteiger partial charge < -0.3 is 40.9 Å². The molecule has 0 radical (unpaired) electrons. The molecule has 0 bridgehead atoms. The average Bonchev–Trinajstić information content (AvgIpc) is 4.25. The van der Waals surface area contributed by atoms with Crippen molar-refractivity contribution in [1.82, 2.24) is 39.5 Å². The van der Waals surface area contributed by atoms with Gasteiger partial charge in [-0.2, -0.15) is 0 Å². The molecule has 12 rings (SSSR count). The maximum absolute atomic E-state index is 4.61. The van der Waals surface area contributed by atoms with E-state index >= 15 is 0 Å². The predicted molar refractivity (Wildman–Crippen MR) is 364 cm³/mol. The Labute approximate surface area is 512 Å². The van der Waals surface area contributed by atoms with Crippen molar-refractivity contribution in [3.63, 3.8) is 0 Å². The summed E-state index contributed by atoms with van der Waals surface area (Å²) in [6.45, 7) is 21.6. The molecule has 0 spiro atoms. The van der Waals surface area contributed by atoms with Crippen molar-refractivity contribution in [2.24, 2.45) is 0 Å². The van der Waals surface area contributed by atoms with Gasteiger partial charge in [0.05, 0.1) is 31.5 Å². The number of unbranched alkanes of at least 4 members (excludes halogenated alkanes) is 6. The summed E-state index contributed by atoms with van der Waals surface area (Å²) in [7, 11) is 0. The second-order valence-electron chi connectivity index (χ2n) is 23.7. The van der Waals surface area contributed by atoms with Gasteiger partial charge in [-0.25, -0.2) is 9.97 Å². The highest BCUT2D eigenvalue weighted by molar-refractivity contribution is 7.22. The molecular formula is C70H100N12S2. The molecule has 12 nitrogen and oxygen atoms in total. The van der Waals surface area contributed by atoms with Crippen molar-refractivity contribution in [2.45, 2.75) is 142 Å². The highest BCUT2D eigenvalue weighted by atomic mass is 32.1. The zero-order valence-electron chi connectivity index (χ0n) is 51.0. The molecule has 4 saturated heterocycles. The number of nitrogens with one attached hydrogen (secondary N) is 4. The number of aromatic nitrogens is 4. The van der Waals surface area contributed by atoms with Gasteiger partial charge in [0.25, 0.3) is 0 Å². The minimum Gasteiger partial charge on any atom is -0.384 e. The first-order chi connectivity index (χ1) is 41.6. The number of fused-ring (bicyclic) bond motifs is 4. The van der Waals surface area contributed by atoms with Crippen LogP contribution in [-0.4, -0.2) is 144 Å². The molecule has 0 aliphatic carbocycles. The van der Waals surface area contributed by atoms with Crippen LogP contribution in [0.1, 0.15) is 141 Å². The fraction of sp³-hybridized carbons (Fsp3) is 0.543. The number of benzene rings is 4. The number of hydrogen-bond donors (Lipinski definition) is 4. The summed E-state index contributed by atoms with van der Waals surface area (Å²) in [5.74, 6) is 0. The van der Waals surface area contributed by atoms with Crippen LogP contribution in [0.4, 0.5) is 21.6 Å². The number of rotatable bonds is 25. The minimum atomic E-state index is 1.000. The second kappa shape index (κ2) is 36.5. The number of hydrogen-bond acceptors (Lipinski definition) is 14. The molecule has 84 heavy (non-hydrogen) atoms. The Kier molecular flexibility index (Phi) is 27.4. The summed E-state index contributed by atoms with van der Waals surface area (Å²) in [5.41, 5.74) is 7.86. The van der Waals surface area contributed by atoms with Gasteiger partial charge in [-0.15, -0.1) is 0 Å². The molecule has 0 atom stereocenters. The summed E-state index contributed by atoms with van der Waals surface area (Å²) < 4.78 is 2.53. The predicted octanol–water partition coefficient (Wildman–Crippen LogP) is 16.5. The molecule has 8 aromatic rings. The van der Waals surface area contributed by atoms with Crippen molar-refractivity contribution in [1.29, 1.82) is 0 Å². The van der Waals surface area contributed by atoms with E-state index in [1.807, 2.05) is 24.4 Å². The van der Waals surface area contributed by atoms with Crippen molar-refractivity contribution in [3.05, 3.63) is 121 Å². The number of thiazole rings is 2. The fourth-order valence-corrected chi connectivity index (χ4v) is 14.0. The number of piperidine rings is 4. The third-order valence-corrected chi connectivity index (χ3v) is 18.9. The van der Waals surface area contributed by atoms with E-state index in [1.165, 1.54) is 238 Å². The maximum Gasteiger partial charge on any atom is 0.183 e. The fourth-order valence-electron chi connectivity index (χ4n) is 12.2. The molecule has 4 aliphatic rings. The van der Waals surface area contributed by atoms with Crippen molar-refractivity contribution < 1.29 is 0 Å². The lowest BCUT2D eigenvalue weighted by atomic mass is 10.1. The van der Waals surface area contributed by atoms with Crippen molar-refractivity contribution in [2.75, 3.05) is 126 Å². The lowest BCUT2D eigenvalue weighted by Gasteiger charge is -2.26. The topological polar surface area (TPSA) is 113 Å². The third kappa shape index (κ3) is 21.8. The van der Waals surface area contributed by atoms with Crippen LogP contribution in [0.3, 0.4) is 0 Å². The lowest BCUT2D eigenvalue weighted by molar-refractivity contribution is 0.224. The Morgan fingerprint density at radius 1 is 0.357 bits per heavy atom. The standard InChI is InChI=1S/C20H29N3.C18H27N3S.C18H25N3.C14H19N3S/c1(2-7-15-23-16-8-3-9-17-23)6-13-21-20-12-14-22-19-11-5-4-10-18(19)20;1(2-7-13-21-14-8-3-9-15-21)6-12-19-18-20-16-10-4-5-11-17(16)22-18;1-15-14-18(16-8-3-4-9-17(16)20-15)19-10-7-13-21-11-5-2-6-12-21;1-4-9-17(10-5-1)11-8-15-14-16-12-6-2-3-7-13(12)18-14/h4-5,10-12,14H,1-3,6-9,13,15-17H2,(H,21,22);4-5,10-11H,1-3,6-9,12-15H2,(H,19,20);3-4,8-9,14H,2,5-7,10-13H2,1H3,(H,19,20);2-3,6-7H,1,4-5,8-11H2,(H,15,16). The number of pyridine rings is 2. The van der Waals surface area contributed by atoms with Crippen LogP contribution in [0.2, 0.25) is 0 Å². The Morgan fingerprint density at radius 3 is 1.30 bits per heavy atom. The van der Waals surface area contributed by atoms with E-state index in [1.54, 1.807) is 22.7 Å². The Hall–Kier alpha value is -5.48. The van der Waals surface area contributed by atoms with Crippen molar-refractivity contribution in [3.8, 4) is 0 Å². The quantitative estimate of drug-likeness (QED) is 0.0409. The first kappa shape index (κ1) is 63.0. The molecule has 4 aliphatic heterocycles. The van der Waals surface area contributed by atoms with Crippen LogP contribution in [0.25, 0.3) is 42.2 Å². The number of nitrogens with zero attached hydrogens (tertiary/aromatic N) is 8. The molecule has 4 N–H and O–H groups in total. The SMILES string of the molecule is Cc1cc(NCCCN2CCCCC2)c2ccccc2n1.c1ccc2c(NCCCCCCN3CCCCC3)ccnc2c1.c1ccc2sc(NCCCCCCN3CCCCC3)nc2c1.c1ccc2sc(NCCN3CCCCC3)nc2c1. The highest BCUT2D eigenvalue weighted by Crippen LogP contribution is 2.28. The number of para-hydroxylation sites is 4. The summed E-state index contributed by atoms with van der Waals surface area (Å²) in [5, 5.41) is 18.7. The largest absolute Gasteiger partial charge is 0.384 e. The van der Waals surface area contributed by atoms with Crippen LogP contribution in [0, 0.1) is 6.92 Å². The van der Waals surface area contributed by atoms with Gasteiger partial charge in [0, 0.05) is 66.8 Å². The van der Waals surface area contributed by atoms with E-state index in [0.717, 1.165) is 70.7 Å². The van der Waals surface area contributed by atoms with Gasteiger partial charge in [0.2, 0.25) is 0 Å². The molecule has 0 saturated carbocycles. The van der Waals surface area contributed by atoms with Gasteiger partial charge in [0.1, 0.15) is 0 Å². The van der Waals surface area contributed by atoms with Crippen LogP contribution in [0.5, 0.6) is 0 Å². The Bertz CT molecular complexity index is 2990. The third-order valence-electron chi connectivity index (χ3n) is 16.9. The zero-order chi connectivity index (χ0) is 57.5. The van der Waals surface area contributed by atoms with E-state index in [0.29, 0.717) is 0 Å². The molecule has 4 aromatic heterocycles. The zero-order valence-corrected chi connectivity index (χ0v) is 52.7. The molecule has 0 unspecified atom stereocenters.